The van der Waals surface area contributed by atoms with Gasteiger partial charge in [-0.15, -0.1) is 0 Å². The molecule has 1 fully saturated rings. The first-order valence-electron chi connectivity index (χ1n) is 5.52. The highest BCUT2D eigenvalue weighted by Gasteiger charge is 2.38. The Balaban J connectivity index is 2.26. The van der Waals surface area contributed by atoms with Gasteiger partial charge >= 0.3 is 0 Å². The number of imide groups is 1. The molecule has 2 amide bonds. The lowest BCUT2D eigenvalue weighted by atomic mass is 10.1. The molecule has 3 nitrogen and oxygen atoms in total. The van der Waals surface area contributed by atoms with E-state index in [2.05, 4.69) is 0 Å². The van der Waals surface area contributed by atoms with Gasteiger partial charge in [-0.05, 0) is 12.5 Å². The lowest BCUT2D eigenvalue weighted by molar-refractivity contribution is -0.141. The minimum absolute atomic E-state index is 0.0543. The minimum Gasteiger partial charge on any atom is -0.275 e. The summed E-state index contributed by atoms with van der Waals surface area (Å²) in [6, 6.07) is 9.47. The molecule has 1 aliphatic rings. The van der Waals surface area contributed by atoms with Crippen LogP contribution in [-0.4, -0.2) is 16.7 Å². The predicted molar refractivity (Wildman–Crippen MR) is 60.5 cm³/mol. The smallest absolute Gasteiger partial charge is 0.233 e. The maximum atomic E-state index is 11.8. The monoisotopic (exact) mass is 217 g/mol. The molecular weight excluding hydrogens is 202 g/mol. The molecule has 0 N–H and O–H groups in total. The second-order valence-electron chi connectivity index (χ2n) is 4.29. The average molecular weight is 217 g/mol. The molecular formula is C13H15NO2. The molecule has 2 atom stereocenters. The van der Waals surface area contributed by atoms with Crippen LogP contribution in [0.15, 0.2) is 30.3 Å². The molecule has 84 valence electrons. The summed E-state index contributed by atoms with van der Waals surface area (Å²) in [5, 5.41) is 0. The van der Waals surface area contributed by atoms with Gasteiger partial charge in [0.2, 0.25) is 11.8 Å². The molecule has 0 aromatic heterocycles. The van der Waals surface area contributed by atoms with Crippen LogP contribution in [-0.2, 0) is 9.59 Å². The van der Waals surface area contributed by atoms with E-state index in [0.717, 1.165) is 5.56 Å². The van der Waals surface area contributed by atoms with Crippen molar-refractivity contribution in [1.29, 1.82) is 0 Å². The average Bonchev–Trinajstić information content (AvgIpc) is 2.54. The zero-order valence-electron chi connectivity index (χ0n) is 9.51. The Bertz CT molecular complexity index is 413. The number of rotatable bonds is 2. The van der Waals surface area contributed by atoms with Crippen LogP contribution in [0.4, 0.5) is 0 Å². The van der Waals surface area contributed by atoms with E-state index in [0.29, 0.717) is 6.42 Å². The summed E-state index contributed by atoms with van der Waals surface area (Å²) in [7, 11) is 0. The van der Waals surface area contributed by atoms with Gasteiger partial charge in [-0.2, -0.15) is 0 Å². The van der Waals surface area contributed by atoms with Gasteiger partial charge in [-0.1, -0.05) is 37.3 Å². The molecule has 1 aromatic rings. The Morgan fingerprint density at radius 3 is 2.38 bits per heavy atom. The van der Waals surface area contributed by atoms with Crippen molar-refractivity contribution in [1.82, 2.24) is 4.90 Å². The number of amides is 2. The minimum atomic E-state index is -0.168. The van der Waals surface area contributed by atoms with E-state index < -0.39 is 0 Å². The van der Waals surface area contributed by atoms with E-state index in [4.69, 9.17) is 0 Å². The van der Waals surface area contributed by atoms with Gasteiger partial charge in [-0.25, -0.2) is 0 Å². The standard InChI is InChI=1S/C13H15NO2/c1-9-8-12(15)14(13(9)16)10(2)11-6-4-3-5-7-11/h3-7,9-10H,8H2,1-2H3. The van der Waals surface area contributed by atoms with E-state index in [-0.39, 0.29) is 23.8 Å². The number of carbonyl (C=O) groups is 2. The van der Waals surface area contributed by atoms with Crippen molar-refractivity contribution in [3.63, 3.8) is 0 Å². The fourth-order valence-corrected chi connectivity index (χ4v) is 2.10. The maximum absolute atomic E-state index is 11.8. The Kier molecular flexibility index (Phi) is 2.77. The summed E-state index contributed by atoms with van der Waals surface area (Å²) in [4.78, 5) is 24.9. The van der Waals surface area contributed by atoms with Crippen LogP contribution in [0.25, 0.3) is 0 Å². The fraction of sp³-hybridized carbons (Fsp3) is 0.385. The van der Waals surface area contributed by atoms with Gasteiger partial charge in [0.15, 0.2) is 0 Å². The van der Waals surface area contributed by atoms with Crippen LogP contribution in [0.2, 0.25) is 0 Å². The number of carbonyl (C=O) groups excluding carboxylic acids is 2. The highest BCUT2D eigenvalue weighted by molar-refractivity contribution is 6.03. The molecule has 0 bridgehead atoms. The Hall–Kier alpha value is -1.64. The Morgan fingerprint density at radius 2 is 1.88 bits per heavy atom. The van der Waals surface area contributed by atoms with Crippen LogP contribution in [0.5, 0.6) is 0 Å². The summed E-state index contributed by atoms with van der Waals surface area (Å²) in [5.74, 6) is -0.283. The van der Waals surface area contributed by atoms with Gasteiger partial charge in [0, 0.05) is 12.3 Å². The number of benzene rings is 1. The zero-order chi connectivity index (χ0) is 11.7. The fourth-order valence-electron chi connectivity index (χ4n) is 2.10. The summed E-state index contributed by atoms with van der Waals surface area (Å²) in [6.07, 6.45) is 0.343. The predicted octanol–water partition coefficient (Wildman–Crippen LogP) is 2.14. The molecule has 0 saturated carbocycles. The van der Waals surface area contributed by atoms with Crippen molar-refractivity contribution in [2.45, 2.75) is 26.3 Å². The number of hydrogen-bond acceptors (Lipinski definition) is 2. The molecule has 1 aliphatic heterocycles. The van der Waals surface area contributed by atoms with Crippen LogP contribution in [0, 0.1) is 5.92 Å². The topological polar surface area (TPSA) is 37.4 Å². The van der Waals surface area contributed by atoms with Gasteiger partial charge in [-0.3, -0.25) is 14.5 Å². The lowest BCUT2D eigenvalue weighted by Crippen LogP contribution is -2.32. The van der Waals surface area contributed by atoms with Crippen molar-refractivity contribution < 1.29 is 9.59 Å². The van der Waals surface area contributed by atoms with E-state index >= 15 is 0 Å². The maximum Gasteiger partial charge on any atom is 0.233 e. The molecule has 2 unspecified atom stereocenters. The SMILES string of the molecule is CC1CC(=O)N(C(C)c2ccccc2)C1=O. The number of likely N-dealkylation sites (tertiary alicyclic amines) is 1. The van der Waals surface area contributed by atoms with E-state index in [1.807, 2.05) is 37.3 Å². The second-order valence-corrected chi connectivity index (χ2v) is 4.29. The first-order valence-corrected chi connectivity index (χ1v) is 5.52. The van der Waals surface area contributed by atoms with E-state index in [1.54, 1.807) is 6.92 Å². The zero-order valence-corrected chi connectivity index (χ0v) is 9.51. The van der Waals surface area contributed by atoms with Crippen molar-refractivity contribution in [2.24, 2.45) is 5.92 Å². The first-order chi connectivity index (χ1) is 7.61. The Morgan fingerprint density at radius 1 is 1.25 bits per heavy atom. The van der Waals surface area contributed by atoms with Gasteiger partial charge in [0.05, 0.1) is 6.04 Å². The molecule has 3 heteroatoms. The van der Waals surface area contributed by atoms with Crippen molar-refractivity contribution in [3.8, 4) is 0 Å². The van der Waals surface area contributed by atoms with Crippen molar-refractivity contribution in [3.05, 3.63) is 35.9 Å². The highest BCUT2D eigenvalue weighted by atomic mass is 16.2. The summed E-state index contributed by atoms with van der Waals surface area (Å²) < 4.78 is 0. The van der Waals surface area contributed by atoms with Crippen LogP contribution < -0.4 is 0 Å². The molecule has 1 aromatic carbocycles. The van der Waals surface area contributed by atoms with Crippen molar-refractivity contribution in [2.75, 3.05) is 0 Å². The molecule has 0 radical (unpaired) electrons. The van der Waals surface area contributed by atoms with Crippen LogP contribution in [0.3, 0.4) is 0 Å². The Labute approximate surface area is 95.1 Å². The lowest BCUT2D eigenvalue weighted by Gasteiger charge is -2.23. The molecule has 16 heavy (non-hydrogen) atoms. The number of hydrogen-bond donors (Lipinski definition) is 0. The summed E-state index contributed by atoms with van der Waals surface area (Å²) >= 11 is 0. The third-order valence-electron chi connectivity index (χ3n) is 3.08. The quantitative estimate of drug-likeness (QED) is 0.712. The summed E-state index contributed by atoms with van der Waals surface area (Å²) in [6.45, 7) is 3.70. The highest BCUT2D eigenvalue weighted by Crippen LogP contribution is 2.28. The molecule has 0 spiro atoms. The summed E-state index contributed by atoms with van der Waals surface area (Å²) in [5.41, 5.74) is 0.998. The molecule has 1 heterocycles. The molecule has 0 aliphatic carbocycles. The second kappa shape index (κ2) is 4.08. The van der Waals surface area contributed by atoms with Gasteiger partial charge < -0.3 is 0 Å². The van der Waals surface area contributed by atoms with E-state index in [1.165, 1.54) is 4.90 Å². The third-order valence-corrected chi connectivity index (χ3v) is 3.08. The van der Waals surface area contributed by atoms with Crippen LogP contribution >= 0.6 is 0 Å². The first kappa shape index (κ1) is 10.9. The molecule has 1 saturated heterocycles. The largest absolute Gasteiger partial charge is 0.275 e. The third kappa shape index (κ3) is 1.73. The van der Waals surface area contributed by atoms with E-state index in [9.17, 15) is 9.59 Å². The van der Waals surface area contributed by atoms with Crippen molar-refractivity contribution >= 4 is 11.8 Å². The van der Waals surface area contributed by atoms with Gasteiger partial charge in [0.1, 0.15) is 0 Å². The molecule has 2 rings (SSSR count). The van der Waals surface area contributed by atoms with Crippen LogP contribution in [0.1, 0.15) is 31.9 Å². The number of nitrogens with zero attached hydrogens (tertiary/aromatic N) is 1. The normalized spacial score (nSPS) is 22.6. The van der Waals surface area contributed by atoms with Gasteiger partial charge in [0.25, 0.3) is 0 Å².